The summed E-state index contributed by atoms with van der Waals surface area (Å²) < 4.78 is 29.0. The Hall–Kier alpha value is -1.08. The second-order valence-electron chi connectivity index (χ2n) is 6.12. The number of nitrogens with two attached hydrogens (primary N) is 1. The van der Waals surface area contributed by atoms with Crippen molar-refractivity contribution >= 4 is 15.8 Å². The third kappa shape index (κ3) is 4.20. The molecule has 0 aliphatic heterocycles. The molecular weight excluding hydrogens is 288 g/mol. The molecule has 1 aromatic heterocycles. The summed E-state index contributed by atoms with van der Waals surface area (Å²) in [5, 5.41) is 4.05. The second kappa shape index (κ2) is 6.79. The van der Waals surface area contributed by atoms with Crippen molar-refractivity contribution in [1.82, 2.24) is 14.5 Å². The number of hydrogen-bond donors (Lipinski definition) is 2. The summed E-state index contributed by atoms with van der Waals surface area (Å²) in [5.41, 5.74) is 5.73. The van der Waals surface area contributed by atoms with Crippen molar-refractivity contribution in [2.45, 2.75) is 57.4 Å². The molecule has 1 heterocycles. The minimum Gasteiger partial charge on any atom is -0.381 e. The van der Waals surface area contributed by atoms with Gasteiger partial charge in [0.25, 0.3) is 0 Å². The first-order valence-electron chi connectivity index (χ1n) is 7.75. The van der Waals surface area contributed by atoms with Crippen LogP contribution in [0.5, 0.6) is 0 Å². The minimum absolute atomic E-state index is 0.0771. The molecule has 0 spiro atoms. The maximum absolute atomic E-state index is 12.3. The van der Waals surface area contributed by atoms with Crippen molar-refractivity contribution < 1.29 is 8.42 Å². The van der Waals surface area contributed by atoms with Gasteiger partial charge in [-0.3, -0.25) is 4.68 Å². The van der Waals surface area contributed by atoms with Crippen LogP contribution in [-0.2, 0) is 16.6 Å². The quantitative estimate of drug-likeness (QED) is 0.840. The number of aromatic nitrogens is 2. The van der Waals surface area contributed by atoms with E-state index in [1.165, 1.54) is 19.0 Å². The summed E-state index contributed by atoms with van der Waals surface area (Å²) in [6.07, 6.45) is 6.95. The van der Waals surface area contributed by atoms with Crippen LogP contribution in [0, 0.1) is 11.8 Å². The van der Waals surface area contributed by atoms with Crippen LogP contribution in [-0.4, -0.2) is 24.7 Å². The van der Waals surface area contributed by atoms with E-state index < -0.39 is 10.0 Å². The number of rotatable bonds is 6. The lowest BCUT2D eigenvalue weighted by molar-refractivity contribution is 0.290. The molecule has 120 valence electrons. The molecule has 3 N–H and O–H groups in total. The van der Waals surface area contributed by atoms with Gasteiger partial charge in [-0.15, -0.1) is 0 Å². The number of aryl methyl sites for hydroxylation is 1. The predicted octanol–water partition coefficient (Wildman–Crippen LogP) is 1.98. The van der Waals surface area contributed by atoms with Crippen molar-refractivity contribution in [3.05, 3.63) is 6.20 Å². The van der Waals surface area contributed by atoms with E-state index in [4.69, 9.17) is 5.73 Å². The fourth-order valence-electron chi connectivity index (χ4n) is 2.81. The molecule has 0 unspecified atom stereocenters. The predicted molar refractivity (Wildman–Crippen MR) is 83.2 cm³/mol. The lowest BCUT2D eigenvalue weighted by Gasteiger charge is -2.26. The zero-order chi connectivity index (χ0) is 15.5. The van der Waals surface area contributed by atoms with Crippen molar-refractivity contribution in [1.29, 1.82) is 0 Å². The molecule has 0 atom stereocenters. The highest BCUT2D eigenvalue weighted by Gasteiger charge is 2.24. The zero-order valence-corrected chi connectivity index (χ0v) is 13.7. The van der Waals surface area contributed by atoms with E-state index in [9.17, 15) is 8.42 Å². The van der Waals surface area contributed by atoms with Crippen molar-refractivity contribution in [3.63, 3.8) is 0 Å². The molecule has 0 saturated heterocycles. The van der Waals surface area contributed by atoms with Crippen LogP contribution in [0.25, 0.3) is 0 Å². The summed E-state index contributed by atoms with van der Waals surface area (Å²) in [6.45, 7) is 5.42. The highest BCUT2D eigenvalue weighted by atomic mass is 32.2. The molecule has 1 fully saturated rings. The Balaban J connectivity index is 1.98. The molecule has 0 aromatic carbocycles. The molecule has 0 radical (unpaired) electrons. The third-order valence-corrected chi connectivity index (χ3v) is 5.63. The van der Waals surface area contributed by atoms with E-state index >= 15 is 0 Å². The van der Waals surface area contributed by atoms with E-state index in [1.54, 1.807) is 4.68 Å². The van der Waals surface area contributed by atoms with Crippen molar-refractivity contribution in [2.75, 3.05) is 12.3 Å². The van der Waals surface area contributed by atoms with Gasteiger partial charge in [-0.2, -0.15) is 5.10 Å². The standard InChI is InChI=1S/C14H26N4O2S/c1-3-8-18-10-13(14(15)17-18)21(19,20)16-9-12-6-4-11(2)5-7-12/h10-12,16H,3-9H2,1-2H3,(H2,15,17). The third-order valence-electron chi connectivity index (χ3n) is 4.19. The van der Waals surface area contributed by atoms with E-state index in [0.717, 1.165) is 25.2 Å². The fraction of sp³-hybridized carbons (Fsp3) is 0.786. The van der Waals surface area contributed by atoms with Crippen molar-refractivity contribution in [3.8, 4) is 0 Å². The zero-order valence-electron chi connectivity index (χ0n) is 12.9. The summed E-state index contributed by atoms with van der Waals surface area (Å²) in [6, 6.07) is 0. The normalized spacial score (nSPS) is 23.3. The molecule has 1 aromatic rings. The van der Waals surface area contributed by atoms with E-state index in [1.807, 2.05) is 6.92 Å². The number of nitrogen functional groups attached to an aromatic ring is 1. The van der Waals surface area contributed by atoms with E-state index in [2.05, 4.69) is 16.7 Å². The molecule has 2 rings (SSSR count). The highest BCUT2D eigenvalue weighted by Crippen LogP contribution is 2.28. The molecule has 1 saturated carbocycles. The Morgan fingerprint density at radius 1 is 1.38 bits per heavy atom. The van der Waals surface area contributed by atoms with Gasteiger partial charge in [-0.05, 0) is 31.1 Å². The number of hydrogen-bond acceptors (Lipinski definition) is 4. The van der Waals surface area contributed by atoms with Crippen LogP contribution in [0.1, 0.15) is 46.0 Å². The van der Waals surface area contributed by atoms with Crippen LogP contribution >= 0.6 is 0 Å². The molecule has 7 heteroatoms. The Kier molecular flexibility index (Phi) is 5.27. The van der Waals surface area contributed by atoms with Gasteiger partial charge in [0.1, 0.15) is 4.90 Å². The van der Waals surface area contributed by atoms with Crippen LogP contribution in [0.4, 0.5) is 5.82 Å². The van der Waals surface area contributed by atoms with Crippen LogP contribution in [0.3, 0.4) is 0 Å². The average molecular weight is 314 g/mol. The molecule has 1 aliphatic carbocycles. The molecule has 0 bridgehead atoms. The van der Waals surface area contributed by atoms with Gasteiger partial charge in [0.15, 0.2) is 5.82 Å². The number of sulfonamides is 1. The fourth-order valence-corrected chi connectivity index (χ4v) is 3.99. The summed E-state index contributed by atoms with van der Waals surface area (Å²) in [5.74, 6) is 1.27. The maximum Gasteiger partial charge on any atom is 0.245 e. The summed E-state index contributed by atoms with van der Waals surface area (Å²) in [4.78, 5) is 0.0973. The van der Waals surface area contributed by atoms with Crippen LogP contribution in [0.15, 0.2) is 11.1 Å². The Bertz CT molecular complexity index is 560. The highest BCUT2D eigenvalue weighted by molar-refractivity contribution is 7.89. The first kappa shape index (κ1) is 16.3. The van der Waals surface area contributed by atoms with Gasteiger partial charge in [-0.1, -0.05) is 26.7 Å². The number of nitrogens with zero attached hydrogens (tertiary/aromatic N) is 2. The molecule has 6 nitrogen and oxygen atoms in total. The smallest absolute Gasteiger partial charge is 0.245 e. The summed E-state index contributed by atoms with van der Waals surface area (Å²) >= 11 is 0. The Morgan fingerprint density at radius 3 is 2.67 bits per heavy atom. The largest absolute Gasteiger partial charge is 0.381 e. The SMILES string of the molecule is CCCn1cc(S(=O)(=O)NCC2CCC(C)CC2)c(N)n1. The minimum atomic E-state index is -3.56. The number of nitrogens with one attached hydrogen (secondary N) is 1. The van der Waals surface area contributed by atoms with Gasteiger partial charge in [0.05, 0.1) is 0 Å². The summed E-state index contributed by atoms with van der Waals surface area (Å²) in [7, 11) is -3.56. The van der Waals surface area contributed by atoms with Crippen LogP contribution in [0.2, 0.25) is 0 Å². The maximum atomic E-state index is 12.3. The first-order valence-corrected chi connectivity index (χ1v) is 9.23. The lowest BCUT2D eigenvalue weighted by atomic mass is 9.83. The molecular formula is C14H26N4O2S. The first-order chi connectivity index (χ1) is 9.92. The van der Waals surface area contributed by atoms with Gasteiger partial charge in [0.2, 0.25) is 10.0 Å². The van der Waals surface area contributed by atoms with E-state index in [0.29, 0.717) is 19.0 Å². The van der Waals surface area contributed by atoms with Gasteiger partial charge in [-0.25, -0.2) is 13.1 Å². The van der Waals surface area contributed by atoms with Crippen molar-refractivity contribution in [2.24, 2.45) is 11.8 Å². The van der Waals surface area contributed by atoms with E-state index in [-0.39, 0.29) is 10.7 Å². The second-order valence-corrected chi connectivity index (χ2v) is 7.85. The molecule has 0 amide bonds. The monoisotopic (exact) mass is 314 g/mol. The van der Waals surface area contributed by atoms with Gasteiger partial charge >= 0.3 is 0 Å². The van der Waals surface area contributed by atoms with Crippen LogP contribution < -0.4 is 10.5 Å². The average Bonchev–Trinajstić information content (AvgIpc) is 2.80. The lowest BCUT2D eigenvalue weighted by Crippen LogP contribution is -2.31. The molecule has 21 heavy (non-hydrogen) atoms. The Morgan fingerprint density at radius 2 is 2.05 bits per heavy atom. The van der Waals surface area contributed by atoms with Gasteiger partial charge in [0, 0.05) is 19.3 Å². The topological polar surface area (TPSA) is 90.0 Å². The Labute approximate surface area is 127 Å². The molecule has 1 aliphatic rings. The number of anilines is 1. The van der Waals surface area contributed by atoms with Gasteiger partial charge < -0.3 is 5.73 Å².